The molecule has 0 unspecified atom stereocenters. The number of carbonyl (C=O) groups is 2. The molecule has 7 nitrogen and oxygen atoms in total. The molecule has 1 aliphatic heterocycles. The van der Waals surface area contributed by atoms with E-state index in [9.17, 15) is 9.59 Å². The van der Waals surface area contributed by atoms with Crippen molar-refractivity contribution >= 4 is 23.4 Å². The van der Waals surface area contributed by atoms with Gasteiger partial charge in [-0.15, -0.1) is 0 Å². The molecule has 2 N–H and O–H groups in total. The van der Waals surface area contributed by atoms with E-state index in [0.29, 0.717) is 31.9 Å². The normalized spacial score (nSPS) is 12.5. The maximum Gasteiger partial charge on any atom is 0.318 e. The Morgan fingerprint density at radius 3 is 2.45 bits per heavy atom. The second-order valence-electron chi connectivity index (χ2n) is 6.92. The van der Waals surface area contributed by atoms with E-state index in [0.717, 1.165) is 22.5 Å². The molecule has 1 aliphatic rings. The van der Waals surface area contributed by atoms with Crippen LogP contribution in [0.1, 0.15) is 30.2 Å². The van der Waals surface area contributed by atoms with Gasteiger partial charge in [0, 0.05) is 18.5 Å². The summed E-state index contributed by atoms with van der Waals surface area (Å²) in [4.78, 5) is 28.6. The molecule has 0 spiro atoms. The Morgan fingerprint density at radius 2 is 1.76 bits per heavy atom. The number of H-pyrrole nitrogens is 1. The number of aromatic nitrogens is 2. The summed E-state index contributed by atoms with van der Waals surface area (Å²) in [5, 5.41) is 10.4. The van der Waals surface area contributed by atoms with Crippen LogP contribution in [-0.2, 0) is 24.4 Å². The lowest BCUT2D eigenvalue weighted by molar-refractivity contribution is -0.117. The highest BCUT2D eigenvalue weighted by Gasteiger charge is 2.32. The molecule has 7 heteroatoms. The van der Waals surface area contributed by atoms with Gasteiger partial charge in [0.15, 0.2) is 5.82 Å². The minimum atomic E-state index is -0.141. The van der Waals surface area contributed by atoms with Gasteiger partial charge in [-0.05, 0) is 17.7 Å². The predicted molar refractivity (Wildman–Crippen MR) is 110 cm³/mol. The van der Waals surface area contributed by atoms with Crippen LogP contribution in [0.5, 0.6) is 0 Å². The molecule has 3 aromatic rings. The van der Waals surface area contributed by atoms with Gasteiger partial charge in [-0.2, -0.15) is 5.10 Å². The standard InChI is InChI=1S/C22H23N5O2/c1-2-20(28)27(17-11-7-4-8-12-17)21-18-14-26(15-19(18)24-25-21)22(29)23-13-16-9-5-3-6-10-16/h3-12H,2,13-15H2,1H3,(H,23,29)(H,24,25). The van der Waals surface area contributed by atoms with E-state index in [1.54, 1.807) is 9.80 Å². The number of anilines is 2. The first-order valence-electron chi connectivity index (χ1n) is 9.68. The Kier molecular flexibility index (Phi) is 5.29. The monoisotopic (exact) mass is 389 g/mol. The third kappa shape index (κ3) is 3.85. The second kappa shape index (κ2) is 8.18. The van der Waals surface area contributed by atoms with Crippen molar-refractivity contribution in [2.24, 2.45) is 0 Å². The predicted octanol–water partition coefficient (Wildman–Crippen LogP) is 3.71. The molecule has 0 bridgehead atoms. The number of amides is 3. The van der Waals surface area contributed by atoms with Gasteiger partial charge in [0.2, 0.25) is 5.91 Å². The highest BCUT2D eigenvalue weighted by atomic mass is 16.2. The summed E-state index contributed by atoms with van der Waals surface area (Å²) in [6.45, 7) is 3.14. The van der Waals surface area contributed by atoms with E-state index in [4.69, 9.17) is 0 Å². The van der Waals surface area contributed by atoms with Gasteiger partial charge < -0.3 is 10.2 Å². The number of hydrogen-bond acceptors (Lipinski definition) is 3. The lowest BCUT2D eigenvalue weighted by Crippen LogP contribution is -2.36. The fraction of sp³-hybridized carbons (Fsp3) is 0.227. The first-order chi connectivity index (χ1) is 14.2. The first kappa shape index (κ1) is 18.7. The molecule has 2 aromatic carbocycles. The lowest BCUT2D eigenvalue weighted by atomic mass is 10.2. The summed E-state index contributed by atoms with van der Waals surface area (Å²) in [5.74, 6) is 0.522. The zero-order valence-electron chi connectivity index (χ0n) is 16.3. The molecular formula is C22H23N5O2. The first-order valence-corrected chi connectivity index (χ1v) is 9.68. The third-order valence-corrected chi connectivity index (χ3v) is 4.98. The van der Waals surface area contributed by atoms with Crippen LogP contribution in [0.2, 0.25) is 0 Å². The van der Waals surface area contributed by atoms with E-state index >= 15 is 0 Å². The molecule has 2 heterocycles. The van der Waals surface area contributed by atoms with Crippen molar-refractivity contribution in [1.82, 2.24) is 20.4 Å². The summed E-state index contributed by atoms with van der Waals surface area (Å²) < 4.78 is 0. The zero-order valence-corrected chi connectivity index (χ0v) is 16.3. The van der Waals surface area contributed by atoms with Crippen LogP contribution in [0, 0.1) is 0 Å². The summed E-state index contributed by atoms with van der Waals surface area (Å²) >= 11 is 0. The highest BCUT2D eigenvalue weighted by molar-refractivity contribution is 6.00. The number of fused-ring (bicyclic) bond motifs is 1. The average molecular weight is 389 g/mol. The number of hydrogen-bond donors (Lipinski definition) is 2. The molecule has 3 amide bonds. The van der Waals surface area contributed by atoms with Crippen LogP contribution >= 0.6 is 0 Å². The Bertz CT molecular complexity index is 1000. The Hall–Kier alpha value is -3.61. The van der Waals surface area contributed by atoms with Gasteiger partial charge in [-0.25, -0.2) is 4.79 Å². The van der Waals surface area contributed by atoms with Crippen LogP contribution < -0.4 is 10.2 Å². The van der Waals surface area contributed by atoms with Gasteiger partial charge in [-0.1, -0.05) is 55.5 Å². The molecule has 0 atom stereocenters. The molecule has 4 rings (SSSR count). The van der Waals surface area contributed by atoms with E-state index in [1.165, 1.54) is 0 Å². The SMILES string of the molecule is CCC(=O)N(c1ccccc1)c1n[nH]c2c1CN(C(=O)NCc1ccccc1)C2. The number of urea groups is 1. The van der Waals surface area contributed by atoms with Crippen LogP contribution in [0.3, 0.4) is 0 Å². The number of nitrogens with zero attached hydrogens (tertiary/aromatic N) is 3. The number of benzene rings is 2. The van der Waals surface area contributed by atoms with Crippen LogP contribution in [-0.4, -0.2) is 27.0 Å². The molecule has 0 fully saturated rings. The Labute approximate surface area is 169 Å². The van der Waals surface area contributed by atoms with Crippen molar-refractivity contribution in [3.05, 3.63) is 77.5 Å². The molecular weight excluding hydrogens is 366 g/mol. The number of carbonyl (C=O) groups excluding carboxylic acids is 2. The summed E-state index contributed by atoms with van der Waals surface area (Å²) in [6, 6.07) is 19.1. The third-order valence-electron chi connectivity index (χ3n) is 4.98. The zero-order chi connectivity index (χ0) is 20.2. The maximum absolute atomic E-state index is 12.7. The van der Waals surface area contributed by atoms with Crippen molar-refractivity contribution in [1.29, 1.82) is 0 Å². The van der Waals surface area contributed by atoms with Crippen molar-refractivity contribution in [3.8, 4) is 0 Å². The Morgan fingerprint density at radius 1 is 1.07 bits per heavy atom. The van der Waals surface area contributed by atoms with E-state index in [2.05, 4.69) is 15.5 Å². The Balaban J connectivity index is 1.51. The second-order valence-corrected chi connectivity index (χ2v) is 6.92. The summed E-state index contributed by atoms with van der Waals surface area (Å²) in [5.41, 5.74) is 3.55. The number of aromatic amines is 1. The van der Waals surface area contributed by atoms with Crippen molar-refractivity contribution in [2.75, 3.05) is 4.90 Å². The van der Waals surface area contributed by atoms with Crippen LogP contribution in [0.4, 0.5) is 16.3 Å². The minimum Gasteiger partial charge on any atom is -0.334 e. The molecule has 0 radical (unpaired) electrons. The smallest absolute Gasteiger partial charge is 0.318 e. The van der Waals surface area contributed by atoms with Gasteiger partial charge >= 0.3 is 6.03 Å². The van der Waals surface area contributed by atoms with Gasteiger partial charge in [0.1, 0.15) is 0 Å². The van der Waals surface area contributed by atoms with E-state index < -0.39 is 0 Å². The van der Waals surface area contributed by atoms with Crippen LogP contribution in [0.25, 0.3) is 0 Å². The topological polar surface area (TPSA) is 81.3 Å². The van der Waals surface area contributed by atoms with E-state index in [1.807, 2.05) is 67.6 Å². The van der Waals surface area contributed by atoms with Crippen molar-refractivity contribution in [2.45, 2.75) is 33.0 Å². The summed E-state index contributed by atoms with van der Waals surface area (Å²) in [6.07, 6.45) is 0.359. The van der Waals surface area contributed by atoms with Gasteiger partial charge in [0.05, 0.1) is 24.5 Å². The summed E-state index contributed by atoms with van der Waals surface area (Å²) in [7, 11) is 0. The molecule has 0 saturated heterocycles. The average Bonchev–Trinajstić information content (AvgIpc) is 3.35. The van der Waals surface area contributed by atoms with Crippen molar-refractivity contribution < 1.29 is 9.59 Å². The fourth-order valence-corrected chi connectivity index (χ4v) is 3.46. The number of para-hydroxylation sites is 1. The molecule has 148 valence electrons. The maximum atomic E-state index is 12.7. The van der Waals surface area contributed by atoms with E-state index in [-0.39, 0.29) is 11.9 Å². The minimum absolute atomic E-state index is 0.0440. The number of nitrogens with one attached hydrogen (secondary N) is 2. The van der Waals surface area contributed by atoms with Gasteiger partial charge in [-0.3, -0.25) is 14.8 Å². The molecule has 0 saturated carbocycles. The van der Waals surface area contributed by atoms with Crippen molar-refractivity contribution in [3.63, 3.8) is 0 Å². The number of rotatable bonds is 5. The van der Waals surface area contributed by atoms with Crippen LogP contribution in [0.15, 0.2) is 60.7 Å². The molecule has 29 heavy (non-hydrogen) atoms. The molecule has 0 aliphatic carbocycles. The highest BCUT2D eigenvalue weighted by Crippen LogP contribution is 2.34. The quantitative estimate of drug-likeness (QED) is 0.698. The molecule has 1 aromatic heterocycles. The fourth-order valence-electron chi connectivity index (χ4n) is 3.46. The lowest BCUT2D eigenvalue weighted by Gasteiger charge is -2.22. The van der Waals surface area contributed by atoms with Gasteiger partial charge in [0.25, 0.3) is 0 Å². The largest absolute Gasteiger partial charge is 0.334 e.